The van der Waals surface area contributed by atoms with Gasteiger partial charge in [-0.2, -0.15) is 0 Å². The molecule has 140 valence electrons. The Morgan fingerprint density at radius 1 is 0.962 bits per heavy atom. The second-order valence-corrected chi connectivity index (χ2v) is 7.28. The van der Waals surface area contributed by atoms with E-state index in [-0.39, 0.29) is 12.4 Å². The van der Waals surface area contributed by atoms with Gasteiger partial charge in [-0.15, -0.1) is 12.4 Å². The molecule has 4 heteroatoms. The van der Waals surface area contributed by atoms with Gasteiger partial charge in [0, 0.05) is 25.2 Å². The van der Waals surface area contributed by atoms with Crippen molar-refractivity contribution in [1.29, 1.82) is 0 Å². The van der Waals surface area contributed by atoms with Crippen molar-refractivity contribution < 1.29 is 4.74 Å². The molecule has 0 bridgehead atoms. The van der Waals surface area contributed by atoms with Gasteiger partial charge in [-0.1, -0.05) is 61.0 Å². The molecule has 4 rings (SSSR count). The highest BCUT2D eigenvalue weighted by Crippen LogP contribution is 2.30. The largest absolute Gasteiger partial charge is 0.379 e. The lowest BCUT2D eigenvalue weighted by molar-refractivity contribution is 0.0524. The Kier molecular flexibility index (Phi) is 7.09. The molecule has 2 fully saturated rings. The predicted molar refractivity (Wildman–Crippen MR) is 110 cm³/mol. The molecule has 0 amide bonds. The zero-order valence-electron chi connectivity index (χ0n) is 15.2. The van der Waals surface area contributed by atoms with Crippen LogP contribution in [0.3, 0.4) is 0 Å². The number of hydrogen-bond donors (Lipinski definition) is 2. The van der Waals surface area contributed by atoms with Crippen molar-refractivity contribution in [3.8, 4) is 11.1 Å². The van der Waals surface area contributed by atoms with E-state index in [1.165, 1.54) is 36.0 Å². The average molecular weight is 373 g/mol. The minimum Gasteiger partial charge on any atom is -0.379 e. The highest BCUT2D eigenvalue weighted by molar-refractivity contribution is 5.85. The molecule has 2 aromatic carbocycles. The number of benzene rings is 2. The molecule has 0 spiro atoms. The van der Waals surface area contributed by atoms with Crippen molar-refractivity contribution >= 4 is 12.4 Å². The Hall–Kier alpha value is -1.39. The van der Waals surface area contributed by atoms with Gasteiger partial charge in [0.25, 0.3) is 0 Å². The number of rotatable bonds is 5. The van der Waals surface area contributed by atoms with Crippen LogP contribution in [0.4, 0.5) is 0 Å². The van der Waals surface area contributed by atoms with Crippen LogP contribution >= 0.6 is 12.4 Å². The molecule has 2 aliphatic rings. The van der Waals surface area contributed by atoms with Gasteiger partial charge >= 0.3 is 0 Å². The third kappa shape index (κ3) is 4.66. The van der Waals surface area contributed by atoms with E-state index in [2.05, 4.69) is 65.2 Å². The molecule has 3 atom stereocenters. The summed E-state index contributed by atoms with van der Waals surface area (Å²) in [4.78, 5) is 0. The second kappa shape index (κ2) is 9.52. The van der Waals surface area contributed by atoms with Crippen molar-refractivity contribution in [2.45, 2.75) is 37.9 Å². The minimum atomic E-state index is 0. The Bertz CT molecular complexity index is 656. The Labute approximate surface area is 162 Å². The summed E-state index contributed by atoms with van der Waals surface area (Å²) in [5, 5.41) is 7.46. The third-order valence-corrected chi connectivity index (χ3v) is 5.67. The molecule has 0 aromatic heterocycles. The van der Waals surface area contributed by atoms with E-state index in [9.17, 15) is 0 Å². The van der Waals surface area contributed by atoms with E-state index in [1.807, 2.05) is 0 Å². The van der Waals surface area contributed by atoms with E-state index in [1.54, 1.807) is 0 Å². The lowest BCUT2D eigenvalue weighted by atomic mass is 9.94. The molecule has 3 unspecified atom stereocenters. The van der Waals surface area contributed by atoms with Crippen molar-refractivity contribution in [3.05, 3.63) is 60.2 Å². The second-order valence-electron chi connectivity index (χ2n) is 7.28. The van der Waals surface area contributed by atoms with Crippen LogP contribution in [0.25, 0.3) is 11.1 Å². The van der Waals surface area contributed by atoms with Crippen molar-refractivity contribution in [3.63, 3.8) is 0 Å². The first-order chi connectivity index (χ1) is 12.4. The zero-order valence-corrected chi connectivity index (χ0v) is 16.0. The van der Waals surface area contributed by atoms with Crippen LogP contribution in [0.1, 0.15) is 24.8 Å². The van der Waals surface area contributed by atoms with Gasteiger partial charge in [0.15, 0.2) is 0 Å². The van der Waals surface area contributed by atoms with E-state index in [0.717, 1.165) is 26.3 Å². The molecule has 1 saturated carbocycles. The standard InChI is InChI=1S/C22H28N2O.ClH/c1-2-5-18(6-3-1)19-11-9-17(10-12-19)15-24-21-8-4-7-20(21)22-16-25-14-13-23-22;/h1-3,5-6,9-12,20-24H,4,7-8,13-16H2;1H. The lowest BCUT2D eigenvalue weighted by Gasteiger charge is -2.33. The van der Waals surface area contributed by atoms with Crippen LogP contribution in [-0.4, -0.2) is 31.8 Å². The minimum absolute atomic E-state index is 0. The van der Waals surface area contributed by atoms with Crippen LogP contribution in [0.15, 0.2) is 54.6 Å². The maximum absolute atomic E-state index is 5.67. The van der Waals surface area contributed by atoms with Gasteiger partial charge in [-0.3, -0.25) is 0 Å². The van der Waals surface area contributed by atoms with Crippen molar-refractivity contribution in [2.75, 3.05) is 19.8 Å². The topological polar surface area (TPSA) is 33.3 Å². The number of morpholine rings is 1. The molecule has 1 saturated heterocycles. The molecular formula is C22H29ClN2O. The molecular weight excluding hydrogens is 344 g/mol. The summed E-state index contributed by atoms with van der Waals surface area (Å²) in [6.45, 7) is 3.67. The van der Waals surface area contributed by atoms with Crippen LogP contribution in [-0.2, 0) is 11.3 Å². The first kappa shape index (κ1) is 19.4. The molecule has 1 aliphatic heterocycles. The Morgan fingerprint density at radius 3 is 2.46 bits per heavy atom. The predicted octanol–water partition coefficient (Wildman–Crippen LogP) is 4.02. The molecule has 26 heavy (non-hydrogen) atoms. The fraction of sp³-hybridized carbons (Fsp3) is 0.455. The summed E-state index contributed by atoms with van der Waals surface area (Å²) in [5.41, 5.74) is 3.92. The van der Waals surface area contributed by atoms with Gasteiger partial charge in [0.05, 0.1) is 13.2 Å². The summed E-state index contributed by atoms with van der Waals surface area (Å²) in [6.07, 6.45) is 3.92. The van der Waals surface area contributed by atoms with Crippen molar-refractivity contribution in [2.24, 2.45) is 5.92 Å². The van der Waals surface area contributed by atoms with Gasteiger partial charge in [0.1, 0.15) is 0 Å². The lowest BCUT2D eigenvalue weighted by Crippen LogP contribution is -2.50. The first-order valence-corrected chi connectivity index (χ1v) is 9.59. The van der Waals surface area contributed by atoms with E-state index < -0.39 is 0 Å². The number of halogens is 1. The summed E-state index contributed by atoms with van der Waals surface area (Å²) in [7, 11) is 0. The highest BCUT2D eigenvalue weighted by atomic mass is 35.5. The SMILES string of the molecule is Cl.c1ccc(-c2ccc(CNC3CCCC3C3COCCN3)cc2)cc1. The highest BCUT2D eigenvalue weighted by Gasteiger charge is 2.34. The van der Waals surface area contributed by atoms with E-state index >= 15 is 0 Å². The molecule has 2 aromatic rings. The monoisotopic (exact) mass is 372 g/mol. The molecule has 1 heterocycles. The smallest absolute Gasteiger partial charge is 0.0623 e. The number of hydrogen-bond acceptors (Lipinski definition) is 3. The summed E-state index contributed by atoms with van der Waals surface area (Å²) in [6, 6.07) is 20.7. The normalized spacial score (nSPS) is 25.6. The summed E-state index contributed by atoms with van der Waals surface area (Å²) in [5.74, 6) is 0.698. The van der Waals surface area contributed by atoms with Crippen LogP contribution in [0.2, 0.25) is 0 Å². The molecule has 1 aliphatic carbocycles. The number of ether oxygens (including phenoxy) is 1. The van der Waals surface area contributed by atoms with Gasteiger partial charge in [-0.25, -0.2) is 0 Å². The quantitative estimate of drug-likeness (QED) is 0.831. The fourth-order valence-corrected chi connectivity index (χ4v) is 4.28. The van der Waals surface area contributed by atoms with E-state index in [0.29, 0.717) is 18.0 Å². The van der Waals surface area contributed by atoms with E-state index in [4.69, 9.17) is 4.74 Å². The number of nitrogens with one attached hydrogen (secondary N) is 2. The van der Waals surface area contributed by atoms with Crippen molar-refractivity contribution in [1.82, 2.24) is 10.6 Å². The Morgan fingerprint density at radius 2 is 1.73 bits per heavy atom. The summed E-state index contributed by atoms with van der Waals surface area (Å²) >= 11 is 0. The molecule has 0 radical (unpaired) electrons. The van der Waals surface area contributed by atoms with Gasteiger partial charge in [-0.05, 0) is 35.4 Å². The molecule has 3 nitrogen and oxygen atoms in total. The zero-order chi connectivity index (χ0) is 16.9. The first-order valence-electron chi connectivity index (χ1n) is 9.59. The van der Waals surface area contributed by atoms with Crippen LogP contribution < -0.4 is 10.6 Å². The fourth-order valence-electron chi connectivity index (χ4n) is 4.28. The van der Waals surface area contributed by atoms with Gasteiger partial charge in [0.2, 0.25) is 0 Å². The summed E-state index contributed by atoms with van der Waals surface area (Å²) < 4.78 is 5.67. The third-order valence-electron chi connectivity index (χ3n) is 5.67. The average Bonchev–Trinajstić information content (AvgIpc) is 3.17. The Balaban J connectivity index is 0.00000196. The van der Waals surface area contributed by atoms with Crippen LogP contribution in [0, 0.1) is 5.92 Å². The van der Waals surface area contributed by atoms with Crippen LogP contribution in [0.5, 0.6) is 0 Å². The van der Waals surface area contributed by atoms with Gasteiger partial charge < -0.3 is 15.4 Å². The maximum Gasteiger partial charge on any atom is 0.0623 e. The maximum atomic E-state index is 5.67. The molecule has 2 N–H and O–H groups in total.